The number of oxime groups is 1. The third-order valence-electron chi connectivity index (χ3n) is 5.25. The van der Waals surface area contributed by atoms with E-state index in [0.717, 1.165) is 18.7 Å². The number of likely N-dealkylation sites (tertiary alicyclic amines) is 1. The van der Waals surface area contributed by atoms with E-state index in [1.807, 2.05) is 0 Å². The number of hydrogen-bond donors (Lipinski definition) is 2. The Bertz CT molecular complexity index is 330. The second-order valence-electron chi connectivity index (χ2n) is 6.14. The lowest BCUT2D eigenvalue weighted by molar-refractivity contribution is 0.0795. The van der Waals surface area contributed by atoms with Crippen molar-refractivity contribution < 1.29 is 10.3 Å². The highest BCUT2D eigenvalue weighted by Gasteiger charge is 2.49. The summed E-state index contributed by atoms with van der Waals surface area (Å²) < 4.78 is 0. The molecule has 3 rings (SSSR count). The number of nitrogens with zero attached hydrogens (tertiary/aromatic N) is 2. The molecule has 2 aliphatic carbocycles. The minimum atomic E-state index is 0.271. The Kier molecular flexibility index (Phi) is 3.57. The maximum absolute atomic E-state index is 9.32. The molecule has 4 atom stereocenters. The highest BCUT2D eigenvalue weighted by Crippen LogP contribution is 2.46. The lowest BCUT2D eigenvalue weighted by Gasteiger charge is -2.43. The van der Waals surface area contributed by atoms with Crippen LogP contribution in [0.15, 0.2) is 5.16 Å². The molecule has 0 aromatic carbocycles. The largest absolute Gasteiger partial charge is 0.411 e. The molecule has 1 saturated heterocycles. The van der Waals surface area contributed by atoms with E-state index in [0.29, 0.717) is 23.9 Å². The van der Waals surface area contributed by atoms with Crippen LogP contribution >= 0.6 is 0 Å². The van der Waals surface area contributed by atoms with Gasteiger partial charge in [0.1, 0.15) is 0 Å². The van der Waals surface area contributed by atoms with Gasteiger partial charge in [-0.2, -0.15) is 0 Å². The molecule has 3 aliphatic rings. The van der Waals surface area contributed by atoms with Crippen molar-refractivity contribution in [2.45, 2.75) is 57.0 Å². The average molecular weight is 252 g/mol. The van der Waals surface area contributed by atoms with Crippen molar-refractivity contribution >= 4 is 5.71 Å². The van der Waals surface area contributed by atoms with Crippen LogP contribution in [-0.2, 0) is 0 Å². The molecule has 2 saturated carbocycles. The third-order valence-corrected chi connectivity index (χ3v) is 5.25. The predicted molar refractivity (Wildman–Crippen MR) is 69.9 cm³/mol. The molecule has 0 aromatic rings. The first-order valence-electron chi connectivity index (χ1n) is 7.43. The van der Waals surface area contributed by atoms with Crippen molar-refractivity contribution in [1.82, 2.24) is 4.90 Å². The lowest BCUT2D eigenvalue weighted by Crippen LogP contribution is -2.52. The smallest absolute Gasteiger partial charge is 0.0775 e. The van der Waals surface area contributed by atoms with Crippen molar-refractivity contribution in [2.75, 3.05) is 13.2 Å². The van der Waals surface area contributed by atoms with Gasteiger partial charge in [-0.05, 0) is 51.0 Å². The fourth-order valence-electron chi connectivity index (χ4n) is 4.48. The summed E-state index contributed by atoms with van der Waals surface area (Å²) in [6.07, 6.45) is 8.28. The van der Waals surface area contributed by atoms with Gasteiger partial charge in [0, 0.05) is 18.6 Å². The number of aliphatic hydroxyl groups excluding tert-OH is 1. The lowest BCUT2D eigenvalue weighted by atomic mass is 9.88. The van der Waals surface area contributed by atoms with Gasteiger partial charge >= 0.3 is 0 Å². The normalized spacial score (nSPS) is 42.8. The van der Waals surface area contributed by atoms with E-state index >= 15 is 0 Å². The van der Waals surface area contributed by atoms with Crippen LogP contribution in [0.5, 0.6) is 0 Å². The molecule has 2 N–H and O–H groups in total. The van der Waals surface area contributed by atoms with Crippen molar-refractivity contribution in [3.63, 3.8) is 0 Å². The van der Waals surface area contributed by atoms with Crippen LogP contribution in [0.2, 0.25) is 0 Å². The van der Waals surface area contributed by atoms with Gasteiger partial charge in [-0.15, -0.1) is 0 Å². The molecule has 0 aromatic heterocycles. The quantitative estimate of drug-likeness (QED) is 0.595. The summed E-state index contributed by atoms with van der Waals surface area (Å²) in [6.45, 7) is 1.38. The number of aliphatic hydroxyl groups is 1. The van der Waals surface area contributed by atoms with E-state index in [4.69, 9.17) is 0 Å². The SMILES string of the molecule is OCCC1CCCCN1C1C(=NO)C2CCC1C2. The van der Waals surface area contributed by atoms with Crippen molar-refractivity contribution in [2.24, 2.45) is 17.0 Å². The Morgan fingerprint density at radius 3 is 2.89 bits per heavy atom. The van der Waals surface area contributed by atoms with Crippen LogP contribution in [-0.4, -0.2) is 46.2 Å². The van der Waals surface area contributed by atoms with E-state index in [1.54, 1.807) is 0 Å². The number of hydrogen-bond acceptors (Lipinski definition) is 4. The monoisotopic (exact) mass is 252 g/mol. The molecule has 0 spiro atoms. The van der Waals surface area contributed by atoms with E-state index in [2.05, 4.69) is 10.1 Å². The molecule has 4 unspecified atom stereocenters. The first-order valence-corrected chi connectivity index (χ1v) is 7.43. The summed E-state index contributed by atoms with van der Waals surface area (Å²) in [5.74, 6) is 1.22. The first-order chi connectivity index (χ1) is 8.85. The molecule has 3 fully saturated rings. The van der Waals surface area contributed by atoms with Crippen molar-refractivity contribution in [3.05, 3.63) is 0 Å². The van der Waals surface area contributed by atoms with E-state index in [9.17, 15) is 10.3 Å². The summed E-state index contributed by atoms with van der Waals surface area (Å²) in [5.41, 5.74) is 1.04. The zero-order valence-corrected chi connectivity index (χ0v) is 11.0. The van der Waals surface area contributed by atoms with E-state index in [1.165, 1.54) is 38.5 Å². The summed E-state index contributed by atoms with van der Waals surface area (Å²) in [7, 11) is 0. The zero-order valence-electron chi connectivity index (χ0n) is 11.0. The second-order valence-corrected chi connectivity index (χ2v) is 6.14. The molecule has 102 valence electrons. The summed E-state index contributed by atoms with van der Waals surface area (Å²) in [5, 5.41) is 22.2. The first kappa shape index (κ1) is 12.4. The topological polar surface area (TPSA) is 56.1 Å². The van der Waals surface area contributed by atoms with Gasteiger partial charge in [0.2, 0.25) is 0 Å². The number of piperidine rings is 1. The van der Waals surface area contributed by atoms with Crippen LogP contribution < -0.4 is 0 Å². The standard InChI is InChI=1S/C14H24N2O2/c17-8-6-12-3-1-2-7-16(12)14-11-5-4-10(9-11)13(14)15-18/h10-12,14,17-18H,1-9H2. The van der Waals surface area contributed by atoms with Crippen molar-refractivity contribution in [1.29, 1.82) is 0 Å². The zero-order chi connectivity index (χ0) is 12.5. The number of fused-ring (bicyclic) bond motifs is 2. The molecule has 18 heavy (non-hydrogen) atoms. The van der Waals surface area contributed by atoms with Gasteiger partial charge in [0.25, 0.3) is 0 Å². The average Bonchev–Trinajstić information content (AvgIpc) is 2.99. The van der Waals surface area contributed by atoms with E-state index in [-0.39, 0.29) is 6.61 Å². The van der Waals surface area contributed by atoms with Gasteiger partial charge in [0.05, 0.1) is 11.8 Å². The molecule has 4 heteroatoms. The Hall–Kier alpha value is -0.610. The third kappa shape index (κ3) is 1.95. The fraction of sp³-hybridized carbons (Fsp3) is 0.929. The van der Waals surface area contributed by atoms with Gasteiger partial charge in [0.15, 0.2) is 0 Å². The van der Waals surface area contributed by atoms with Gasteiger partial charge in [-0.1, -0.05) is 11.6 Å². The molecule has 2 bridgehead atoms. The van der Waals surface area contributed by atoms with Crippen LogP contribution in [0.25, 0.3) is 0 Å². The molecular weight excluding hydrogens is 228 g/mol. The van der Waals surface area contributed by atoms with Gasteiger partial charge in [-0.25, -0.2) is 0 Å². The molecule has 0 radical (unpaired) electrons. The Morgan fingerprint density at radius 2 is 2.11 bits per heavy atom. The summed E-state index contributed by atoms with van der Waals surface area (Å²) in [4.78, 5) is 2.54. The minimum absolute atomic E-state index is 0.271. The van der Waals surface area contributed by atoms with Gasteiger partial charge in [-0.3, -0.25) is 4.90 Å². The van der Waals surface area contributed by atoms with Gasteiger partial charge < -0.3 is 10.3 Å². The predicted octanol–water partition coefficient (Wildman–Crippen LogP) is 1.85. The van der Waals surface area contributed by atoms with E-state index < -0.39 is 0 Å². The molecular formula is C14H24N2O2. The molecule has 0 amide bonds. The minimum Gasteiger partial charge on any atom is -0.411 e. The summed E-state index contributed by atoms with van der Waals surface area (Å²) >= 11 is 0. The Balaban J connectivity index is 1.79. The highest BCUT2D eigenvalue weighted by molar-refractivity contribution is 5.94. The van der Waals surface area contributed by atoms with Crippen LogP contribution in [0.3, 0.4) is 0 Å². The maximum Gasteiger partial charge on any atom is 0.0775 e. The fourth-order valence-corrected chi connectivity index (χ4v) is 4.48. The number of rotatable bonds is 3. The molecule has 1 aliphatic heterocycles. The van der Waals surface area contributed by atoms with Crippen molar-refractivity contribution in [3.8, 4) is 0 Å². The second kappa shape index (κ2) is 5.17. The highest BCUT2D eigenvalue weighted by atomic mass is 16.4. The molecule has 1 heterocycles. The van der Waals surface area contributed by atoms with Crippen LogP contribution in [0.1, 0.15) is 44.9 Å². The summed E-state index contributed by atoms with van der Waals surface area (Å²) in [6, 6.07) is 0.857. The Morgan fingerprint density at radius 1 is 1.22 bits per heavy atom. The van der Waals surface area contributed by atoms with Crippen LogP contribution in [0.4, 0.5) is 0 Å². The maximum atomic E-state index is 9.32. The van der Waals surface area contributed by atoms with Crippen LogP contribution in [0, 0.1) is 11.8 Å². The Labute approximate surface area is 109 Å². The molecule has 4 nitrogen and oxygen atoms in total.